The lowest BCUT2D eigenvalue weighted by atomic mass is 10.00. The Balaban J connectivity index is 1.78. The van der Waals surface area contributed by atoms with Gasteiger partial charge in [0.2, 0.25) is 0 Å². The van der Waals surface area contributed by atoms with Crippen molar-refractivity contribution in [3.63, 3.8) is 0 Å². The number of benzene rings is 2. The minimum absolute atomic E-state index is 0.152. The quantitative estimate of drug-likeness (QED) is 0.530. The topological polar surface area (TPSA) is 56.9 Å². The summed E-state index contributed by atoms with van der Waals surface area (Å²) in [4.78, 5) is 4.42. The Morgan fingerprint density at radius 2 is 1.63 bits per heavy atom. The SMILES string of the molecule is Cc1ccc(C(c2ccn(S(=O)(=O)c3ccccc3)c2)n2ccnc2)cc1. The molecule has 0 spiro atoms. The first kappa shape index (κ1) is 17.3. The molecule has 4 aromatic rings. The van der Waals surface area contributed by atoms with Gasteiger partial charge in [0.05, 0.1) is 17.3 Å². The van der Waals surface area contributed by atoms with Crippen LogP contribution in [-0.4, -0.2) is 21.9 Å². The minimum Gasteiger partial charge on any atom is -0.326 e. The van der Waals surface area contributed by atoms with E-state index in [1.165, 1.54) is 9.54 Å². The van der Waals surface area contributed by atoms with Crippen LogP contribution in [0.1, 0.15) is 22.7 Å². The van der Waals surface area contributed by atoms with Gasteiger partial charge in [0.25, 0.3) is 10.0 Å². The fourth-order valence-corrected chi connectivity index (χ4v) is 4.35. The van der Waals surface area contributed by atoms with Crippen molar-refractivity contribution in [3.05, 3.63) is 108 Å². The molecular weight excluding hydrogens is 358 g/mol. The van der Waals surface area contributed by atoms with Crippen LogP contribution in [-0.2, 0) is 10.0 Å². The zero-order valence-corrected chi connectivity index (χ0v) is 15.6. The first-order valence-electron chi connectivity index (χ1n) is 8.58. The van der Waals surface area contributed by atoms with Gasteiger partial charge in [0, 0.05) is 24.8 Å². The Labute approximate surface area is 158 Å². The van der Waals surface area contributed by atoms with E-state index in [-0.39, 0.29) is 10.9 Å². The van der Waals surface area contributed by atoms with E-state index in [0.717, 1.165) is 11.1 Å². The average Bonchev–Trinajstić information content (AvgIpc) is 3.37. The Morgan fingerprint density at radius 1 is 0.889 bits per heavy atom. The van der Waals surface area contributed by atoms with Gasteiger partial charge in [-0.1, -0.05) is 48.0 Å². The molecule has 0 aliphatic carbocycles. The predicted molar refractivity (Wildman–Crippen MR) is 104 cm³/mol. The maximum Gasteiger partial charge on any atom is 0.267 e. The molecule has 2 aromatic carbocycles. The van der Waals surface area contributed by atoms with E-state index in [4.69, 9.17) is 0 Å². The van der Waals surface area contributed by atoms with E-state index >= 15 is 0 Å². The van der Waals surface area contributed by atoms with E-state index in [0.29, 0.717) is 0 Å². The molecule has 0 fully saturated rings. The van der Waals surface area contributed by atoms with Crippen LogP contribution in [0, 0.1) is 6.92 Å². The van der Waals surface area contributed by atoms with E-state index < -0.39 is 10.0 Å². The number of hydrogen-bond donors (Lipinski definition) is 0. The van der Waals surface area contributed by atoms with Crippen LogP contribution in [0.15, 0.2) is 96.7 Å². The van der Waals surface area contributed by atoms with Crippen molar-refractivity contribution in [2.75, 3.05) is 0 Å². The van der Waals surface area contributed by atoms with Gasteiger partial charge in [0.15, 0.2) is 0 Å². The third-order valence-corrected chi connectivity index (χ3v) is 6.19. The van der Waals surface area contributed by atoms with Gasteiger partial charge in [-0.3, -0.25) is 0 Å². The molecular formula is C21H19N3O2S. The minimum atomic E-state index is -3.62. The molecule has 0 aliphatic heterocycles. The molecule has 0 saturated carbocycles. The van der Waals surface area contributed by atoms with Crippen molar-refractivity contribution in [2.24, 2.45) is 0 Å². The van der Waals surface area contributed by atoms with Gasteiger partial charge in [-0.2, -0.15) is 0 Å². The highest BCUT2D eigenvalue weighted by molar-refractivity contribution is 7.90. The summed E-state index contributed by atoms with van der Waals surface area (Å²) < 4.78 is 29.0. The van der Waals surface area contributed by atoms with Crippen molar-refractivity contribution < 1.29 is 8.42 Å². The fourth-order valence-electron chi connectivity index (χ4n) is 3.13. The summed E-state index contributed by atoms with van der Waals surface area (Å²) in [7, 11) is -3.62. The van der Waals surface area contributed by atoms with E-state index in [9.17, 15) is 8.42 Å². The van der Waals surface area contributed by atoms with Gasteiger partial charge in [-0.05, 0) is 36.2 Å². The molecule has 27 heavy (non-hydrogen) atoms. The van der Waals surface area contributed by atoms with E-state index in [1.54, 1.807) is 55.2 Å². The zero-order valence-electron chi connectivity index (χ0n) is 14.8. The van der Waals surface area contributed by atoms with Crippen LogP contribution >= 0.6 is 0 Å². The second kappa shape index (κ2) is 6.89. The van der Waals surface area contributed by atoms with Crippen LogP contribution < -0.4 is 0 Å². The number of hydrogen-bond acceptors (Lipinski definition) is 3. The van der Waals surface area contributed by atoms with Crippen LogP contribution in [0.2, 0.25) is 0 Å². The predicted octanol–water partition coefficient (Wildman–Crippen LogP) is 3.87. The average molecular weight is 377 g/mol. The van der Waals surface area contributed by atoms with Gasteiger partial charge in [-0.25, -0.2) is 17.4 Å². The maximum atomic E-state index is 12.9. The summed E-state index contributed by atoms with van der Waals surface area (Å²) >= 11 is 0. The number of aryl methyl sites for hydroxylation is 1. The molecule has 2 aromatic heterocycles. The van der Waals surface area contributed by atoms with Crippen molar-refractivity contribution in [1.29, 1.82) is 0 Å². The number of imidazole rings is 1. The summed E-state index contributed by atoms with van der Waals surface area (Å²) in [6, 6.07) is 18.3. The van der Waals surface area contributed by atoms with Crippen LogP contribution in [0.3, 0.4) is 0 Å². The van der Waals surface area contributed by atoms with E-state index in [2.05, 4.69) is 29.2 Å². The van der Waals surface area contributed by atoms with Crippen molar-refractivity contribution in [3.8, 4) is 0 Å². The molecule has 0 saturated heterocycles. The molecule has 1 atom stereocenters. The summed E-state index contributed by atoms with van der Waals surface area (Å²) in [5.74, 6) is 0. The van der Waals surface area contributed by atoms with Crippen molar-refractivity contribution in [1.82, 2.24) is 13.5 Å². The highest BCUT2D eigenvalue weighted by atomic mass is 32.2. The smallest absolute Gasteiger partial charge is 0.267 e. The number of aromatic nitrogens is 3. The largest absolute Gasteiger partial charge is 0.326 e. The summed E-state index contributed by atoms with van der Waals surface area (Å²) in [6.07, 6.45) is 8.61. The maximum absolute atomic E-state index is 12.9. The second-order valence-electron chi connectivity index (χ2n) is 6.42. The molecule has 136 valence electrons. The van der Waals surface area contributed by atoms with Crippen LogP contribution in [0.25, 0.3) is 0 Å². The van der Waals surface area contributed by atoms with Crippen molar-refractivity contribution >= 4 is 10.0 Å². The third kappa shape index (κ3) is 3.31. The standard InChI is InChI=1S/C21H19N3O2S/c1-17-7-9-18(10-8-17)21(23-14-12-22-16-23)19-11-13-24(15-19)27(25,26)20-5-3-2-4-6-20/h2-16,21H,1H3. The molecule has 0 aliphatic rings. The second-order valence-corrected chi connectivity index (χ2v) is 8.26. The lowest BCUT2D eigenvalue weighted by molar-refractivity contribution is 0.587. The van der Waals surface area contributed by atoms with Gasteiger partial charge < -0.3 is 4.57 Å². The first-order chi connectivity index (χ1) is 13.1. The Hall–Kier alpha value is -3.12. The van der Waals surface area contributed by atoms with Gasteiger partial charge in [-0.15, -0.1) is 0 Å². The van der Waals surface area contributed by atoms with Gasteiger partial charge in [0.1, 0.15) is 0 Å². The lowest BCUT2D eigenvalue weighted by Crippen LogP contribution is -2.12. The molecule has 1 unspecified atom stereocenters. The van der Waals surface area contributed by atoms with E-state index in [1.807, 2.05) is 23.8 Å². The first-order valence-corrected chi connectivity index (χ1v) is 10.0. The summed E-state index contributed by atoms with van der Waals surface area (Å²) in [5.41, 5.74) is 3.11. The van der Waals surface area contributed by atoms with Gasteiger partial charge >= 0.3 is 0 Å². The van der Waals surface area contributed by atoms with Crippen molar-refractivity contribution in [2.45, 2.75) is 17.9 Å². The fraction of sp³-hybridized carbons (Fsp3) is 0.0952. The zero-order chi connectivity index (χ0) is 18.9. The normalized spacial score (nSPS) is 12.8. The molecule has 5 nitrogen and oxygen atoms in total. The highest BCUT2D eigenvalue weighted by Crippen LogP contribution is 2.28. The molecule has 0 N–H and O–H groups in total. The Bertz CT molecular complexity index is 1130. The third-order valence-electron chi connectivity index (χ3n) is 4.54. The summed E-state index contributed by atoms with van der Waals surface area (Å²) in [6.45, 7) is 2.04. The Morgan fingerprint density at radius 3 is 2.30 bits per heavy atom. The van der Waals surface area contributed by atoms with Crippen LogP contribution in [0.4, 0.5) is 0 Å². The Kier molecular flexibility index (Phi) is 4.41. The molecule has 0 amide bonds. The molecule has 0 radical (unpaired) electrons. The molecule has 6 heteroatoms. The molecule has 0 bridgehead atoms. The summed E-state index contributed by atoms with van der Waals surface area (Å²) in [5, 5.41) is 0. The monoisotopic (exact) mass is 377 g/mol. The van der Waals surface area contributed by atoms with Crippen LogP contribution in [0.5, 0.6) is 0 Å². The number of nitrogens with zero attached hydrogens (tertiary/aromatic N) is 3. The molecule has 2 heterocycles. The number of rotatable bonds is 5. The molecule has 4 rings (SSSR count). The lowest BCUT2D eigenvalue weighted by Gasteiger charge is -2.18. The highest BCUT2D eigenvalue weighted by Gasteiger charge is 2.21.